The predicted octanol–water partition coefficient (Wildman–Crippen LogP) is 5.83. The molecule has 0 spiro atoms. The Balaban J connectivity index is 1.84. The van der Waals surface area contributed by atoms with Crippen molar-refractivity contribution in [3.63, 3.8) is 0 Å². The van der Waals surface area contributed by atoms with Crippen molar-refractivity contribution in [2.45, 2.75) is 91.6 Å². The molecule has 0 aromatic heterocycles. The Morgan fingerprint density at radius 2 is 1.89 bits per heavy atom. The Morgan fingerprint density at radius 3 is 2.54 bits per heavy atom. The van der Waals surface area contributed by atoms with E-state index in [9.17, 15) is 9.90 Å². The van der Waals surface area contributed by atoms with E-state index in [2.05, 4.69) is 33.4 Å². The summed E-state index contributed by atoms with van der Waals surface area (Å²) in [7, 11) is 0. The molecule has 3 fully saturated rings. The molecule has 0 heterocycles. The van der Waals surface area contributed by atoms with Gasteiger partial charge in [-0.1, -0.05) is 39.3 Å². The zero-order valence-electron chi connectivity index (χ0n) is 18.6. The highest BCUT2D eigenvalue weighted by atomic mass is 16.5. The van der Waals surface area contributed by atoms with Crippen molar-refractivity contribution in [1.82, 2.24) is 0 Å². The van der Waals surface area contributed by atoms with Gasteiger partial charge in [0.1, 0.15) is 0 Å². The molecule has 3 nitrogen and oxygen atoms in total. The summed E-state index contributed by atoms with van der Waals surface area (Å²) in [5.74, 6) is 0.673. The summed E-state index contributed by atoms with van der Waals surface area (Å²) < 4.78 is 5.69. The molecule has 3 rings (SSSR count). The number of fused-ring (bicyclic) bond motifs is 3. The fourth-order valence-corrected chi connectivity index (χ4v) is 6.70. The molecule has 3 aliphatic rings. The number of hydrogen-bond acceptors (Lipinski definition) is 3. The first kappa shape index (κ1) is 21.6. The largest absolute Gasteiger partial charge is 0.462 e. The monoisotopic (exact) mass is 388 g/mol. The topological polar surface area (TPSA) is 46.5 Å². The Morgan fingerprint density at radius 1 is 1.18 bits per heavy atom. The molecule has 0 aliphatic heterocycles. The van der Waals surface area contributed by atoms with E-state index in [0.717, 1.165) is 44.9 Å². The number of carbonyl (C=O) groups excluding carboxylic acids is 1. The second-order valence-electron chi connectivity index (χ2n) is 10.8. The zero-order valence-corrected chi connectivity index (χ0v) is 18.6. The lowest BCUT2D eigenvalue weighted by Gasteiger charge is -2.65. The highest BCUT2D eigenvalue weighted by Crippen LogP contribution is 2.66. The molecule has 0 aromatic carbocycles. The van der Waals surface area contributed by atoms with Gasteiger partial charge in [0, 0.05) is 11.0 Å². The van der Waals surface area contributed by atoms with Crippen LogP contribution in [0.25, 0.3) is 0 Å². The van der Waals surface area contributed by atoms with Gasteiger partial charge in [-0.2, -0.15) is 0 Å². The maximum absolute atomic E-state index is 12.2. The number of hydrogen-bond donors (Lipinski definition) is 1. The van der Waals surface area contributed by atoms with Gasteiger partial charge in [0.15, 0.2) is 0 Å². The third kappa shape index (κ3) is 3.28. The van der Waals surface area contributed by atoms with Crippen molar-refractivity contribution >= 4 is 5.97 Å². The quantitative estimate of drug-likeness (QED) is 0.375. The SMILES string of the molecule is C=C[C@]1(C)CC[C@]2(C)[C@@H](CC[C@@]3(O)[C@H]2CCC[C@]3(C)COC(=O)/C(C)=C/C)C1. The predicted molar refractivity (Wildman–Crippen MR) is 114 cm³/mol. The second-order valence-corrected chi connectivity index (χ2v) is 10.8. The van der Waals surface area contributed by atoms with Crippen LogP contribution in [0.1, 0.15) is 86.0 Å². The molecular weight excluding hydrogens is 348 g/mol. The van der Waals surface area contributed by atoms with Gasteiger partial charge in [0.25, 0.3) is 0 Å². The Bertz CT molecular complexity index is 667. The number of aliphatic hydroxyl groups is 1. The molecule has 0 bridgehead atoms. The van der Waals surface area contributed by atoms with E-state index in [0.29, 0.717) is 18.1 Å². The maximum atomic E-state index is 12.2. The van der Waals surface area contributed by atoms with Crippen LogP contribution >= 0.6 is 0 Å². The van der Waals surface area contributed by atoms with E-state index in [1.165, 1.54) is 6.42 Å². The standard InChI is InChI=1S/C25H40O3/c1-7-18(3)21(26)28-17-23(5)12-9-10-20-24(6)15-14-22(4,8-2)16-19(24)11-13-25(20,23)27/h7-8,19-20,27H,2,9-17H2,1,3-6H3/b18-7+/t19-,20-,22+,23+,24+,25+/m0/s1. The Hall–Kier alpha value is -1.09. The molecule has 3 heteroatoms. The average molecular weight is 389 g/mol. The molecule has 158 valence electrons. The first-order chi connectivity index (χ1) is 13.0. The van der Waals surface area contributed by atoms with Crippen LogP contribution in [0.5, 0.6) is 0 Å². The molecule has 0 radical (unpaired) electrons. The lowest BCUT2D eigenvalue weighted by Crippen LogP contribution is -2.65. The molecule has 6 atom stereocenters. The van der Waals surface area contributed by atoms with E-state index in [-0.39, 0.29) is 28.1 Å². The smallest absolute Gasteiger partial charge is 0.333 e. The molecule has 28 heavy (non-hydrogen) atoms. The van der Waals surface area contributed by atoms with Crippen LogP contribution in [0.15, 0.2) is 24.3 Å². The third-order valence-corrected chi connectivity index (χ3v) is 9.16. The average Bonchev–Trinajstić information content (AvgIpc) is 2.68. The van der Waals surface area contributed by atoms with Gasteiger partial charge >= 0.3 is 5.97 Å². The molecule has 3 aliphatic carbocycles. The number of rotatable bonds is 4. The first-order valence-corrected chi connectivity index (χ1v) is 11.2. The Labute approximate surface area is 171 Å². The number of allylic oxidation sites excluding steroid dienone is 2. The van der Waals surface area contributed by atoms with Crippen molar-refractivity contribution in [2.24, 2.45) is 28.1 Å². The number of ether oxygens (including phenoxy) is 1. The fraction of sp³-hybridized carbons (Fsp3) is 0.800. The van der Waals surface area contributed by atoms with Crippen LogP contribution in [0.4, 0.5) is 0 Å². The highest BCUT2D eigenvalue weighted by molar-refractivity contribution is 5.87. The number of esters is 1. The minimum Gasteiger partial charge on any atom is -0.462 e. The lowest BCUT2D eigenvalue weighted by molar-refractivity contribution is -0.240. The number of carbonyl (C=O) groups is 1. The summed E-state index contributed by atoms with van der Waals surface area (Å²) in [6, 6.07) is 0. The van der Waals surface area contributed by atoms with Gasteiger partial charge < -0.3 is 9.84 Å². The summed E-state index contributed by atoms with van der Waals surface area (Å²) in [4.78, 5) is 12.2. The molecule has 3 saturated carbocycles. The van der Waals surface area contributed by atoms with Crippen molar-refractivity contribution < 1.29 is 14.6 Å². The second kappa shape index (κ2) is 7.31. The lowest BCUT2D eigenvalue weighted by atomic mass is 9.42. The Kier molecular flexibility index (Phi) is 5.64. The summed E-state index contributed by atoms with van der Waals surface area (Å²) in [6.45, 7) is 15.0. The van der Waals surface area contributed by atoms with Crippen molar-refractivity contribution in [1.29, 1.82) is 0 Å². The van der Waals surface area contributed by atoms with Crippen LogP contribution in [-0.4, -0.2) is 23.3 Å². The van der Waals surface area contributed by atoms with Gasteiger partial charge in [-0.25, -0.2) is 4.79 Å². The van der Waals surface area contributed by atoms with Gasteiger partial charge in [-0.05, 0) is 81.5 Å². The molecule has 0 saturated heterocycles. The zero-order chi connectivity index (χ0) is 20.8. The fourth-order valence-electron chi connectivity index (χ4n) is 6.70. The van der Waals surface area contributed by atoms with Gasteiger partial charge in [0.2, 0.25) is 0 Å². The first-order valence-electron chi connectivity index (χ1n) is 11.2. The van der Waals surface area contributed by atoms with Crippen molar-refractivity contribution in [3.8, 4) is 0 Å². The molecule has 0 amide bonds. The molecule has 1 N–H and O–H groups in total. The van der Waals surface area contributed by atoms with Crippen LogP contribution in [0.3, 0.4) is 0 Å². The van der Waals surface area contributed by atoms with E-state index in [4.69, 9.17) is 4.74 Å². The molecule has 0 aromatic rings. The third-order valence-electron chi connectivity index (χ3n) is 9.16. The molecular formula is C25H40O3. The summed E-state index contributed by atoms with van der Waals surface area (Å²) in [5.41, 5.74) is -0.0815. The molecule has 0 unspecified atom stereocenters. The van der Waals surface area contributed by atoms with Crippen molar-refractivity contribution in [3.05, 3.63) is 24.3 Å². The van der Waals surface area contributed by atoms with E-state index in [1.807, 2.05) is 6.92 Å². The maximum Gasteiger partial charge on any atom is 0.333 e. The summed E-state index contributed by atoms with van der Waals surface area (Å²) >= 11 is 0. The normalized spacial score (nSPS) is 46.3. The van der Waals surface area contributed by atoms with E-state index < -0.39 is 5.60 Å². The van der Waals surface area contributed by atoms with Gasteiger partial charge in [0.05, 0.1) is 12.2 Å². The minimum absolute atomic E-state index is 0.167. The van der Waals surface area contributed by atoms with Gasteiger partial charge in [-0.15, -0.1) is 6.58 Å². The van der Waals surface area contributed by atoms with Crippen LogP contribution < -0.4 is 0 Å². The summed E-state index contributed by atoms with van der Waals surface area (Å²) in [6.07, 6.45) is 12.4. The highest BCUT2D eigenvalue weighted by Gasteiger charge is 2.64. The van der Waals surface area contributed by atoms with Crippen LogP contribution in [0.2, 0.25) is 0 Å². The van der Waals surface area contributed by atoms with Crippen molar-refractivity contribution in [2.75, 3.05) is 6.61 Å². The van der Waals surface area contributed by atoms with E-state index >= 15 is 0 Å². The minimum atomic E-state index is -0.747. The summed E-state index contributed by atoms with van der Waals surface area (Å²) in [5, 5.41) is 12.1. The van der Waals surface area contributed by atoms with Gasteiger partial charge in [-0.3, -0.25) is 0 Å². The van der Waals surface area contributed by atoms with E-state index in [1.54, 1.807) is 13.0 Å². The van der Waals surface area contributed by atoms with Crippen LogP contribution in [0, 0.1) is 28.1 Å². The van der Waals surface area contributed by atoms with Crippen LogP contribution in [-0.2, 0) is 9.53 Å².